The molecule has 0 aliphatic heterocycles. The summed E-state index contributed by atoms with van der Waals surface area (Å²) in [7, 11) is 1.80. The summed E-state index contributed by atoms with van der Waals surface area (Å²) in [5, 5.41) is 4.79. The molecule has 15 heavy (non-hydrogen) atoms. The van der Waals surface area contributed by atoms with Gasteiger partial charge in [-0.3, -0.25) is 4.68 Å². The lowest BCUT2D eigenvalue weighted by atomic mass is 10.1. The predicted molar refractivity (Wildman–Crippen MR) is 60.7 cm³/mol. The number of ether oxygens (including phenoxy) is 1. The van der Waals surface area contributed by atoms with Crippen molar-refractivity contribution in [2.75, 3.05) is 0 Å². The molecule has 3 nitrogen and oxygen atoms in total. The van der Waals surface area contributed by atoms with Crippen molar-refractivity contribution in [1.29, 1.82) is 0 Å². The minimum absolute atomic E-state index is 0.385. The summed E-state index contributed by atoms with van der Waals surface area (Å²) in [5.41, 5.74) is 1.18. The number of halogens is 1. The maximum atomic E-state index is 6.05. The van der Waals surface area contributed by atoms with Crippen molar-refractivity contribution in [3.8, 4) is 12.3 Å². The summed E-state index contributed by atoms with van der Waals surface area (Å²) in [5.74, 6) is 2.56. The van der Waals surface area contributed by atoms with Crippen LogP contribution in [0.3, 0.4) is 0 Å². The molecule has 1 heterocycles. The third-order valence-corrected chi connectivity index (χ3v) is 2.67. The van der Waals surface area contributed by atoms with Crippen LogP contribution in [0.2, 0.25) is 5.15 Å². The second-order valence-corrected chi connectivity index (χ2v) is 4.28. The van der Waals surface area contributed by atoms with Gasteiger partial charge < -0.3 is 4.74 Å². The predicted octanol–water partition coefficient (Wildman–Crippen LogP) is 2.31. The molecule has 0 saturated carbocycles. The van der Waals surface area contributed by atoms with Gasteiger partial charge in [-0.1, -0.05) is 17.5 Å². The number of aromatic nitrogens is 2. The van der Waals surface area contributed by atoms with Gasteiger partial charge in [0.25, 0.3) is 0 Å². The molecule has 0 radical (unpaired) electrons. The van der Waals surface area contributed by atoms with Crippen LogP contribution in [0.25, 0.3) is 0 Å². The van der Waals surface area contributed by atoms with Gasteiger partial charge in [0.15, 0.2) is 0 Å². The second-order valence-electron chi connectivity index (χ2n) is 3.92. The zero-order valence-corrected chi connectivity index (χ0v) is 10.2. The van der Waals surface area contributed by atoms with E-state index in [0.717, 1.165) is 11.3 Å². The van der Waals surface area contributed by atoms with Gasteiger partial charge in [-0.15, -0.1) is 6.42 Å². The minimum atomic E-state index is -0.578. The van der Waals surface area contributed by atoms with E-state index in [1.165, 1.54) is 0 Å². The summed E-state index contributed by atoms with van der Waals surface area (Å²) in [6.07, 6.45) is 5.32. The number of terminal acetylenes is 1. The van der Waals surface area contributed by atoms with Crippen LogP contribution in [0.5, 0.6) is 0 Å². The molecule has 4 heteroatoms. The summed E-state index contributed by atoms with van der Waals surface area (Å²) < 4.78 is 7.19. The molecule has 0 aliphatic carbocycles. The van der Waals surface area contributed by atoms with Crippen LogP contribution < -0.4 is 0 Å². The fourth-order valence-corrected chi connectivity index (χ4v) is 1.36. The lowest BCUT2D eigenvalue weighted by Gasteiger charge is -2.18. The standard InChI is InChI=1S/C11H15ClN2O/c1-6-11(3,4)15-7-9-8(2)13-14(5)10(9)12/h1H,7H2,2-5H3. The van der Waals surface area contributed by atoms with E-state index in [0.29, 0.717) is 11.8 Å². The van der Waals surface area contributed by atoms with Gasteiger partial charge in [-0.2, -0.15) is 5.10 Å². The largest absolute Gasteiger partial charge is 0.358 e. The highest BCUT2D eigenvalue weighted by atomic mass is 35.5. The van der Waals surface area contributed by atoms with E-state index in [1.807, 2.05) is 20.8 Å². The quantitative estimate of drug-likeness (QED) is 0.740. The summed E-state index contributed by atoms with van der Waals surface area (Å²) in [6, 6.07) is 0. The van der Waals surface area contributed by atoms with Gasteiger partial charge in [0, 0.05) is 12.6 Å². The Hall–Kier alpha value is -0.980. The maximum Gasteiger partial charge on any atom is 0.132 e. The third kappa shape index (κ3) is 2.74. The normalized spacial score (nSPS) is 11.5. The van der Waals surface area contributed by atoms with Crippen LogP contribution in [0.15, 0.2) is 0 Å². The van der Waals surface area contributed by atoms with Gasteiger partial charge in [0.2, 0.25) is 0 Å². The van der Waals surface area contributed by atoms with E-state index in [1.54, 1.807) is 11.7 Å². The number of rotatable bonds is 3. The van der Waals surface area contributed by atoms with E-state index < -0.39 is 5.60 Å². The third-order valence-electron chi connectivity index (χ3n) is 2.19. The average Bonchev–Trinajstić information content (AvgIpc) is 2.39. The van der Waals surface area contributed by atoms with E-state index in [2.05, 4.69) is 11.0 Å². The molecule has 0 atom stereocenters. The van der Waals surface area contributed by atoms with Crippen LogP contribution >= 0.6 is 11.6 Å². The monoisotopic (exact) mass is 226 g/mol. The molecule has 0 unspecified atom stereocenters. The molecule has 0 bridgehead atoms. The molecule has 0 spiro atoms. The van der Waals surface area contributed by atoms with Crippen molar-refractivity contribution in [2.45, 2.75) is 33.0 Å². The van der Waals surface area contributed by atoms with Crippen molar-refractivity contribution in [1.82, 2.24) is 9.78 Å². The van der Waals surface area contributed by atoms with Gasteiger partial charge in [0.1, 0.15) is 10.8 Å². The second kappa shape index (κ2) is 4.26. The highest BCUT2D eigenvalue weighted by molar-refractivity contribution is 6.30. The van der Waals surface area contributed by atoms with E-state index in [-0.39, 0.29) is 0 Å². The Bertz CT molecular complexity index is 401. The van der Waals surface area contributed by atoms with Crippen LogP contribution in [-0.4, -0.2) is 15.4 Å². The van der Waals surface area contributed by atoms with Crippen LogP contribution in [-0.2, 0) is 18.4 Å². The first kappa shape index (κ1) is 12.1. The molecule has 0 N–H and O–H groups in total. The van der Waals surface area contributed by atoms with Crippen molar-refractivity contribution < 1.29 is 4.74 Å². The van der Waals surface area contributed by atoms with Crippen LogP contribution in [0.1, 0.15) is 25.1 Å². The molecule has 0 amide bonds. The Morgan fingerprint density at radius 1 is 1.60 bits per heavy atom. The van der Waals surface area contributed by atoms with Crippen molar-refractivity contribution >= 4 is 11.6 Å². The molecule has 1 aromatic heterocycles. The summed E-state index contributed by atoms with van der Waals surface area (Å²) >= 11 is 6.05. The van der Waals surface area contributed by atoms with Gasteiger partial charge in [-0.25, -0.2) is 0 Å². The molecule has 0 aliphatic rings. The van der Waals surface area contributed by atoms with E-state index >= 15 is 0 Å². The lowest BCUT2D eigenvalue weighted by Crippen LogP contribution is -2.21. The average molecular weight is 227 g/mol. The molecule has 82 valence electrons. The number of hydrogen-bond acceptors (Lipinski definition) is 2. The van der Waals surface area contributed by atoms with Gasteiger partial charge in [0.05, 0.1) is 12.3 Å². The highest BCUT2D eigenvalue weighted by Gasteiger charge is 2.18. The van der Waals surface area contributed by atoms with E-state index in [4.69, 9.17) is 22.8 Å². The molecule has 0 aromatic carbocycles. The number of aryl methyl sites for hydroxylation is 2. The lowest BCUT2D eigenvalue weighted by molar-refractivity contribution is 0.0143. The first-order valence-corrected chi connectivity index (χ1v) is 5.05. The molecule has 0 fully saturated rings. The Labute approximate surface area is 95.4 Å². The van der Waals surface area contributed by atoms with Gasteiger partial charge >= 0.3 is 0 Å². The Morgan fingerprint density at radius 3 is 2.60 bits per heavy atom. The maximum absolute atomic E-state index is 6.05. The zero-order valence-electron chi connectivity index (χ0n) is 9.47. The molecular formula is C11H15ClN2O. The number of nitrogens with zero attached hydrogens (tertiary/aromatic N) is 2. The molecule has 0 saturated heterocycles. The van der Waals surface area contributed by atoms with Gasteiger partial charge in [-0.05, 0) is 20.8 Å². The zero-order chi connectivity index (χ0) is 11.6. The van der Waals surface area contributed by atoms with Crippen molar-refractivity contribution in [3.63, 3.8) is 0 Å². The van der Waals surface area contributed by atoms with Crippen molar-refractivity contribution in [3.05, 3.63) is 16.4 Å². The van der Waals surface area contributed by atoms with Crippen molar-refractivity contribution in [2.24, 2.45) is 7.05 Å². The fourth-order valence-electron chi connectivity index (χ4n) is 1.13. The summed E-state index contributed by atoms with van der Waals surface area (Å²) in [6.45, 7) is 5.96. The minimum Gasteiger partial charge on any atom is -0.358 e. The van der Waals surface area contributed by atoms with E-state index in [9.17, 15) is 0 Å². The Morgan fingerprint density at radius 2 is 2.20 bits per heavy atom. The topological polar surface area (TPSA) is 27.1 Å². The molecule has 1 aromatic rings. The highest BCUT2D eigenvalue weighted by Crippen LogP contribution is 2.21. The Balaban J connectivity index is 2.79. The SMILES string of the molecule is C#CC(C)(C)OCc1c(C)nn(C)c1Cl. The van der Waals surface area contributed by atoms with Crippen LogP contribution in [0, 0.1) is 19.3 Å². The molecule has 1 rings (SSSR count). The number of hydrogen-bond donors (Lipinski definition) is 0. The first-order valence-electron chi connectivity index (χ1n) is 4.67. The molecular weight excluding hydrogens is 212 g/mol. The van der Waals surface area contributed by atoms with Crippen LogP contribution in [0.4, 0.5) is 0 Å². The first-order chi connectivity index (χ1) is 6.87. The summed E-state index contributed by atoms with van der Waals surface area (Å²) in [4.78, 5) is 0. The smallest absolute Gasteiger partial charge is 0.132 e. The fraction of sp³-hybridized carbons (Fsp3) is 0.545. The Kier molecular flexibility index (Phi) is 3.43.